The fourth-order valence-electron chi connectivity index (χ4n) is 3.97. The number of carbonyl (C=O) groups is 1. The van der Waals surface area contributed by atoms with E-state index in [1.54, 1.807) is 61.1 Å². The van der Waals surface area contributed by atoms with Crippen molar-refractivity contribution in [2.75, 3.05) is 10.8 Å². The molecule has 178 valence electrons. The molecule has 0 saturated carbocycles. The van der Waals surface area contributed by atoms with Crippen molar-refractivity contribution in [1.82, 2.24) is 14.9 Å². The lowest BCUT2D eigenvalue weighted by atomic mass is 10.2. The van der Waals surface area contributed by atoms with E-state index in [9.17, 15) is 13.2 Å². The molecule has 1 atom stereocenters. The van der Waals surface area contributed by atoms with E-state index < -0.39 is 16.1 Å². The first-order chi connectivity index (χ1) is 17.0. The van der Waals surface area contributed by atoms with Crippen LogP contribution in [0.3, 0.4) is 0 Å². The van der Waals surface area contributed by atoms with Gasteiger partial charge in [-0.1, -0.05) is 54.6 Å². The molecule has 1 amide bonds. The minimum Gasteiger partial charge on any atom is -0.476 e. The molecule has 1 aliphatic rings. The predicted molar refractivity (Wildman–Crippen MR) is 133 cm³/mol. The number of nitrogens with zero attached hydrogens (tertiary/aromatic N) is 3. The molecule has 1 N–H and O–H groups in total. The van der Waals surface area contributed by atoms with Gasteiger partial charge in [-0.3, -0.25) is 9.10 Å². The van der Waals surface area contributed by atoms with Gasteiger partial charge in [-0.15, -0.1) is 0 Å². The topological polar surface area (TPSA) is 93.5 Å². The number of rotatable bonds is 7. The highest BCUT2D eigenvalue weighted by molar-refractivity contribution is 7.92. The lowest BCUT2D eigenvalue weighted by molar-refractivity contribution is -0.127. The van der Waals surface area contributed by atoms with Crippen LogP contribution < -0.4 is 14.4 Å². The van der Waals surface area contributed by atoms with Gasteiger partial charge in [0.1, 0.15) is 5.75 Å². The van der Waals surface area contributed by atoms with Gasteiger partial charge in [0.15, 0.2) is 6.10 Å². The highest BCUT2D eigenvalue weighted by Gasteiger charge is 2.36. The van der Waals surface area contributed by atoms with Gasteiger partial charge < -0.3 is 14.6 Å². The quantitative estimate of drug-likeness (QED) is 0.431. The van der Waals surface area contributed by atoms with Gasteiger partial charge >= 0.3 is 0 Å². The summed E-state index contributed by atoms with van der Waals surface area (Å²) in [6, 6.07) is 23.6. The van der Waals surface area contributed by atoms with Crippen LogP contribution in [-0.2, 0) is 27.1 Å². The van der Waals surface area contributed by atoms with Crippen LogP contribution in [-0.4, -0.2) is 36.5 Å². The first-order valence-corrected chi connectivity index (χ1v) is 12.8. The molecule has 1 aromatic heterocycles. The normalized spacial score (nSPS) is 15.2. The van der Waals surface area contributed by atoms with E-state index in [1.807, 2.05) is 41.1 Å². The number of para-hydroxylation sites is 2. The summed E-state index contributed by atoms with van der Waals surface area (Å²) in [7, 11) is -3.74. The maximum absolute atomic E-state index is 13.3. The van der Waals surface area contributed by atoms with Gasteiger partial charge in [0.05, 0.1) is 24.3 Å². The molecule has 4 aromatic rings. The molecule has 35 heavy (non-hydrogen) atoms. The van der Waals surface area contributed by atoms with Gasteiger partial charge in [-0.05, 0) is 35.4 Å². The SMILES string of the molecule is O=C(NCc1ccc(-n2ccnc2)cc1)[C@@H]1CN(S(=O)(=O)Cc2ccccc2)c2ccccc2O1. The third-order valence-electron chi connectivity index (χ3n) is 5.76. The predicted octanol–water partition coefficient (Wildman–Crippen LogP) is 3.29. The van der Waals surface area contributed by atoms with Gasteiger partial charge in [-0.25, -0.2) is 13.4 Å². The molecule has 2 heterocycles. The molecule has 9 heteroatoms. The zero-order chi connectivity index (χ0) is 24.3. The lowest BCUT2D eigenvalue weighted by Crippen LogP contribution is -2.50. The second-order valence-corrected chi connectivity index (χ2v) is 10.1. The number of sulfonamides is 1. The number of nitrogens with one attached hydrogen (secondary N) is 1. The van der Waals surface area contributed by atoms with Crippen LogP contribution in [0.15, 0.2) is 97.6 Å². The third kappa shape index (κ3) is 5.04. The van der Waals surface area contributed by atoms with E-state index in [0.29, 0.717) is 23.5 Å². The number of amides is 1. The number of ether oxygens (including phenoxy) is 1. The summed E-state index contributed by atoms with van der Waals surface area (Å²) in [5.74, 6) is -0.182. The molecule has 0 spiro atoms. The zero-order valence-electron chi connectivity index (χ0n) is 18.8. The summed E-state index contributed by atoms with van der Waals surface area (Å²) < 4.78 is 35.7. The second-order valence-electron chi connectivity index (χ2n) is 8.20. The maximum atomic E-state index is 13.3. The molecule has 8 nitrogen and oxygen atoms in total. The number of imidazole rings is 1. The first-order valence-electron chi connectivity index (χ1n) is 11.1. The molecule has 0 unspecified atom stereocenters. The number of aromatic nitrogens is 2. The minimum absolute atomic E-state index is 0.0996. The molecule has 0 aliphatic carbocycles. The van der Waals surface area contributed by atoms with Crippen LogP contribution in [0, 0.1) is 0 Å². The van der Waals surface area contributed by atoms with Crippen molar-refractivity contribution in [3.63, 3.8) is 0 Å². The number of fused-ring (bicyclic) bond motifs is 1. The van der Waals surface area contributed by atoms with Crippen LogP contribution in [0.5, 0.6) is 5.75 Å². The fraction of sp³-hybridized carbons (Fsp3) is 0.154. The average molecular weight is 489 g/mol. The standard InChI is InChI=1S/C26H24N4O4S/c31-26(28-16-20-10-12-22(13-11-20)29-15-14-27-19-29)25-17-30(23-8-4-5-9-24(23)34-25)35(32,33)18-21-6-2-1-3-7-21/h1-15,19,25H,16-18H2,(H,28,31)/t25-/m0/s1. The Balaban J connectivity index is 1.30. The van der Waals surface area contributed by atoms with Crippen molar-refractivity contribution >= 4 is 21.6 Å². The molecule has 0 bridgehead atoms. The summed E-state index contributed by atoms with van der Waals surface area (Å²) in [5.41, 5.74) is 2.98. The van der Waals surface area contributed by atoms with Gasteiger partial charge in [0.2, 0.25) is 10.0 Å². The van der Waals surface area contributed by atoms with Crippen molar-refractivity contribution in [3.8, 4) is 11.4 Å². The Labute approximate surface area is 203 Å². The molecule has 5 rings (SSSR count). The Morgan fingerprint density at radius 3 is 2.46 bits per heavy atom. The fourth-order valence-corrected chi connectivity index (χ4v) is 5.55. The van der Waals surface area contributed by atoms with Crippen molar-refractivity contribution in [3.05, 3.63) is 109 Å². The monoisotopic (exact) mass is 488 g/mol. The second kappa shape index (κ2) is 9.63. The Bertz CT molecular complexity index is 1410. The molecule has 0 radical (unpaired) electrons. The summed E-state index contributed by atoms with van der Waals surface area (Å²) in [6.07, 6.45) is 4.31. The number of hydrogen-bond donors (Lipinski definition) is 1. The Hall–Kier alpha value is -4.11. The maximum Gasteiger partial charge on any atom is 0.263 e. The Morgan fingerprint density at radius 2 is 1.71 bits per heavy atom. The van der Waals surface area contributed by atoms with E-state index in [2.05, 4.69) is 10.3 Å². The van der Waals surface area contributed by atoms with E-state index in [4.69, 9.17) is 4.74 Å². The molecule has 0 saturated heterocycles. The summed E-state index contributed by atoms with van der Waals surface area (Å²) in [4.78, 5) is 17.0. The van der Waals surface area contributed by atoms with Crippen molar-refractivity contribution < 1.29 is 17.9 Å². The van der Waals surface area contributed by atoms with Crippen LogP contribution in [0.25, 0.3) is 5.69 Å². The largest absolute Gasteiger partial charge is 0.476 e. The Kier molecular flexibility index (Phi) is 6.24. The van der Waals surface area contributed by atoms with Gasteiger partial charge in [-0.2, -0.15) is 0 Å². The number of carbonyl (C=O) groups excluding carboxylic acids is 1. The summed E-state index contributed by atoms with van der Waals surface area (Å²) in [5, 5.41) is 2.87. The third-order valence-corrected chi connectivity index (χ3v) is 7.48. The van der Waals surface area contributed by atoms with Gasteiger partial charge in [0, 0.05) is 24.6 Å². The minimum atomic E-state index is -3.74. The number of benzene rings is 3. The van der Waals surface area contributed by atoms with Crippen LogP contribution in [0.1, 0.15) is 11.1 Å². The molecule has 3 aromatic carbocycles. The average Bonchev–Trinajstić information content (AvgIpc) is 3.42. The summed E-state index contributed by atoms with van der Waals surface area (Å²) in [6.45, 7) is 0.193. The smallest absolute Gasteiger partial charge is 0.263 e. The van der Waals surface area contributed by atoms with Crippen molar-refractivity contribution in [1.29, 1.82) is 0 Å². The van der Waals surface area contributed by atoms with Crippen LogP contribution in [0.2, 0.25) is 0 Å². The van der Waals surface area contributed by atoms with E-state index >= 15 is 0 Å². The van der Waals surface area contributed by atoms with Crippen molar-refractivity contribution in [2.45, 2.75) is 18.4 Å². The van der Waals surface area contributed by atoms with Crippen LogP contribution in [0.4, 0.5) is 5.69 Å². The van der Waals surface area contributed by atoms with E-state index in [-0.39, 0.29) is 18.2 Å². The first kappa shape index (κ1) is 22.7. The van der Waals surface area contributed by atoms with E-state index in [1.165, 1.54) is 4.31 Å². The lowest BCUT2D eigenvalue weighted by Gasteiger charge is -2.34. The van der Waals surface area contributed by atoms with Crippen LogP contribution >= 0.6 is 0 Å². The summed E-state index contributed by atoms with van der Waals surface area (Å²) >= 11 is 0. The number of anilines is 1. The Morgan fingerprint density at radius 1 is 0.971 bits per heavy atom. The molecule has 0 fully saturated rings. The van der Waals surface area contributed by atoms with Crippen molar-refractivity contribution in [2.24, 2.45) is 0 Å². The molecular formula is C26H24N4O4S. The highest BCUT2D eigenvalue weighted by Crippen LogP contribution is 2.35. The van der Waals surface area contributed by atoms with Gasteiger partial charge in [0.25, 0.3) is 5.91 Å². The molecular weight excluding hydrogens is 464 g/mol. The highest BCUT2D eigenvalue weighted by atomic mass is 32.2. The zero-order valence-corrected chi connectivity index (χ0v) is 19.6. The molecule has 1 aliphatic heterocycles. The van der Waals surface area contributed by atoms with E-state index in [0.717, 1.165) is 11.3 Å². The number of hydrogen-bond acceptors (Lipinski definition) is 5.